The van der Waals surface area contributed by atoms with Crippen LogP contribution in [0.2, 0.25) is 10.0 Å². The molecule has 3 aromatic rings. The van der Waals surface area contributed by atoms with Crippen LogP contribution in [0.15, 0.2) is 30.5 Å². The molecule has 2 aromatic heterocycles. The van der Waals surface area contributed by atoms with E-state index < -0.39 is 12.1 Å². The van der Waals surface area contributed by atoms with Crippen LogP contribution in [0.1, 0.15) is 56.8 Å². The van der Waals surface area contributed by atoms with Crippen LogP contribution in [0.5, 0.6) is 5.75 Å². The summed E-state index contributed by atoms with van der Waals surface area (Å²) >= 11 is 12.2. The lowest BCUT2D eigenvalue weighted by molar-refractivity contribution is -0.125. The highest BCUT2D eigenvalue weighted by atomic mass is 35.5. The molecule has 0 spiro atoms. The van der Waals surface area contributed by atoms with Gasteiger partial charge in [0.1, 0.15) is 11.6 Å². The minimum atomic E-state index is -1.24. The van der Waals surface area contributed by atoms with E-state index in [-0.39, 0.29) is 45.5 Å². The van der Waals surface area contributed by atoms with E-state index in [0.29, 0.717) is 59.2 Å². The van der Waals surface area contributed by atoms with Crippen molar-refractivity contribution in [1.29, 1.82) is 0 Å². The largest absolute Gasteiger partial charge is 0.505 e. The van der Waals surface area contributed by atoms with Crippen molar-refractivity contribution in [1.82, 2.24) is 20.6 Å². The molecule has 212 valence electrons. The van der Waals surface area contributed by atoms with Gasteiger partial charge in [0.05, 0.1) is 32.5 Å². The van der Waals surface area contributed by atoms with Crippen molar-refractivity contribution in [2.24, 2.45) is 5.92 Å². The quantitative estimate of drug-likeness (QED) is 0.212. The molecule has 1 unspecified atom stereocenters. The third-order valence-corrected chi connectivity index (χ3v) is 7.63. The third-order valence-electron chi connectivity index (χ3n) is 7.05. The van der Waals surface area contributed by atoms with Gasteiger partial charge in [-0.2, -0.15) is 0 Å². The van der Waals surface area contributed by atoms with Crippen LogP contribution in [0.25, 0.3) is 22.3 Å². The van der Waals surface area contributed by atoms with Gasteiger partial charge >= 0.3 is 6.09 Å². The number of pyridine rings is 2. The van der Waals surface area contributed by atoms with E-state index in [4.69, 9.17) is 33.3 Å². The Labute approximate surface area is 241 Å². The normalized spacial score (nSPS) is 17.9. The highest BCUT2D eigenvalue weighted by molar-refractivity contribution is 6.37. The summed E-state index contributed by atoms with van der Waals surface area (Å²) in [5, 5.41) is 28.0. The number of carbonyl (C=O) groups excluding carboxylic acids is 2. The topological polar surface area (TPSA) is 154 Å². The number of rotatable bonds is 8. The van der Waals surface area contributed by atoms with E-state index in [1.165, 1.54) is 13.1 Å². The summed E-state index contributed by atoms with van der Waals surface area (Å²) in [7, 11) is 0. The van der Waals surface area contributed by atoms with Crippen molar-refractivity contribution < 1.29 is 24.6 Å². The molecule has 0 saturated heterocycles. The van der Waals surface area contributed by atoms with Crippen molar-refractivity contribution in [2.75, 3.05) is 5.32 Å². The number of halogens is 2. The molecule has 4 rings (SSSR count). The fraction of sp³-hybridized carbons (Fsp3) is 0.393. The van der Waals surface area contributed by atoms with Crippen LogP contribution in [-0.2, 0) is 4.79 Å². The average molecular weight is 588 g/mol. The van der Waals surface area contributed by atoms with Crippen molar-refractivity contribution in [3.63, 3.8) is 0 Å². The van der Waals surface area contributed by atoms with Gasteiger partial charge in [-0.3, -0.25) is 14.6 Å². The molecule has 1 saturated carbocycles. The first-order chi connectivity index (χ1) is 18.9. The predicted octanol–water partition coefficient (Wildman–Crippen LogP) is 5.64. The summed E-state index contributed by atoms with van der Waals surface area (Å²) in [4.78, 5) is 45.5. The van der Waals surface area contributed by atoms with E-state index in [1.807, 2.05) is 0 Å². The molecule has 1 aliphatic carbocycles. The molecule has 1 aliphatic rings. The molecule has 40 heavy (non-hydrogen) atoms. The summed E-state index contributed by atoms with van der Waals surface area (Å²) in [5.41, 5.74) is 3.24. The van der Waals surface area contributed by atoms with Gasteiger partial charge < -0.3 is 26.2 Å². The SMILES string of the molecule is CC(=O)c1cnc2ccc(-c3cc(Cl)c(O)c(Cl)c3)nc2c1N[C@H]1CC[C@H](NC(=O)C(NC(=O)O)C(C)C)CC1. The second-order valence-corrected chi connectivity index (χ2v) is 11.1. The van der Waals surface area contributed by atoms with Crippen LogP contribution >= 0.6 is 23.2 Å². The average Bonchev–Trinajstić information content (AvgIpc) is 2.90. The molecule has 0 aliphatic heterocycles. The maximum Gasteiger partial charge on any atom is 0.405 e. The lowest BCUT2D eigenvalue weighted by atomic mass is 9.90. The second-order valence-electron chi connectivity index (χ2n) is 10.3. The van der Waals surface area contributed by atoms with Gasteiger partial charge in [-0.15, -0.1) is 0 Å². The predicted molar refractivity (Wildman–Crippen MR) is 154 cm³/mol. The third kappa shape index (κ3) is 6.56. The fourth-order valence-electron chi connectivity index (χ4n) is 4.90. The molecule has 2 amide bonds. The van der Waals surface area contributed by atoms with Crippen molar-refractivity contribution in [3.05, 3.63) is 46.1 Å². The Balaban J connectivity index is 1.55. The molecule has 1 atom stereocenters. The molecule has 1 aromatic carbocycles. The Morgan fingerprint density at radius 3 is 2.23 bits per heavy atom. The highest BCUT2D eigenvalue weighted by Gasteiger charge is 2.29. The van der Waals surface area contributed by atoms with E-state index in [0.717, 1.165) is 0 Å². The van der Waals surface area contributed by atoms with Gasteiger partial charge in [0.2, 0.25) is 5.91 Å². The van der Waals surface area contributed by atoms with E-state index in [2.05, 4.69) is 20.9 Å². The zero-order chi connectivity index (χ0) is 29.1. The number of benzene rings is 1. The van der Waals surface area contributed by atoms with Crippen LogP contribution in [0, 0.1) is 5.92 Å². The Morgan fingerprint density at radius 2 is 1.65 bits per heavy atom. The number of Topliss-reactive ketones (excluding diaryl/α,β-unsaturated/α-hetero) is 1. The number of aromatic nitrogens is 2. The summed E-state index contributed by atoms with van der Waals surface area (Å²) in [6.07, 6.45) is 3.10. The lowest BCUT2D eigenvalue weighted by Gasteiger charge is -2.32. The van der Waals surface area contributed by atoms with E-state index in [1.54, 1.807) is 38.1 Å². The number of carboxylic acid groups (broad SMARTS) is 1. The maximum absolute atomic E-state index is 12.7. The zero-order valence-electron chi connectivity index (χ0n) is 22.3. The van der Waals surface area contributed by atoms with Crippen LogP contribution in [0.4, 0.5) is 10.5 Å². The Morgan fingerprint density at radius 1 is 1.02 bits per heavy atom. The number of nitrogens with one attached hydrogen (secondary N) is 3. The first kappa shape index (κ1) is 29.4. The van der Waals surface area contributed by atoms with Crippen molar-refractivity contribution in [2.45, 2.75) is 64.6 Å². The zero-order valence-corrected chi connectivity index (χ0v) is 23.8. The van der Waals surface area contributed by atoms with Gasteiger partial charge in [-0.05, 0) is 62.8 Å². The number of phenolic OH excluding ortho intramolecular Hbond substituents is 1. The van der Waals surface area contributed by atoms with Gasteiger partial charge in [0, 0.05) is 23.8 Å². The van der Waals surface area contributed by atoms with Crippen LogP contribution in [0.3, 0.4) is 0 Å². The first-order valence-corrected chi connectivity index (χ1v) is 13.8. The fourth-order valence-corrected chi connectivity index (χ4v) is 5.39. The first-order valence-electron chi connectivity index (χ1n) is 13.0. The molecule has 5 N–H and O–H groups in total. The molecule has 2 heterocycles. The molecule has 1 fully saturated rings. The second kappa shape index (κ2) is 12.3. The Bertz CT molecular complexity index is 1430. The molecule has 0 bridgehead atoms. The number of anilines is 1. The number of aromatic hydroxyl groups is 1. The number of fused-ring (bicyclic) bond motifs is 1. The van der Waals surface area contributed by atoms with Gasteiger partial charge in [0.15, 0.2) is 11.5 Å². The van der Waals surface area contributed by atoms with Crippen LogP contribution < -0.4 is 16.0 Å². The summed E-state index contributed by atoms with van der Waals surface area (Å²) in [5.74, 6) is -0.893. The van der Waals surface area contributed by atoms with Gasteiger partial charge in [-0.25, -0.2) is 9.78 Å². The number of ketones is 1. The van der Waals surface area contributed by atoms with E-state index in [9.17, 15) is 19.5 Å². The number of nitrogens with zero attached hydrogens (tertiary/aromatic N) is 2. The lowest BCUT2D eigenvalue weighted by Crippen LogP contribution is -2.52. The maximum atomic E-state index is 12.7. The summed E-state index contributed by atoms with van der Waals surface area (Å²) in [6.45, 7) is 5.05. The number of carbonyl (C=O) groups is 3. The Kier molecular flexibility index (Phi) is 9.00. The molecule has 0 radical (unpaired) electrons. The molecule has 12 heteroatoms. The van der Waals surface area contributed by atoms with Gasteiger partial charge in [0.25, 0.3) is 0 Å². The minimum Gasteiger partial charge on any atom is -0.505 e. The number of amides is 2. The summed E-state index contributed by atoms with van der Waals surface area (Å²) in [6, 6.07) is 5.80. The number of hydrogen-bond donors (Lipinski definition) is 5. The van der Waals surface area contributed by atoms with Gasteiger partial charge in [-0.1, -0.05) is 37.0 Å². The standard InChI is InChI=1S/C28H31Cl2N5O5/c1-13(2)23(35-28(39)40)27(38)33-17-6-4-16(5-7-17)32-24-18(14(3)36)12-31-22-9-8-21(34-25(22)24)15-10-19(29)26(37)20(30)11-15/h8-13,16-17,23,35,37H,4-7H2,1-3H3,(H,31,32)(H,33,38)(H,39,40)/t16-,17-,23?. The van der Waals surface area contributed by atoms with Crippen molar-refractivity contribution >= 4 is 57.7 Å². The smallest absolute Gasteiger partial charge is 0.405 e. The Hall–Kier alpha value is -3.63. The molecule has 10 nitrogen and oxygen atoms in total. The monoisotopic (exact) mass is 587 g/mol. The highest BCUT2D eigenvalue weighted by Crippen LogP contribution is 2.37. The number of hydrogen-bond acceptors (Lipinski definition) is 7. The number of phenols is 1. The van der Waals surface area contributed by atoms with Crippen molar-refractivity contribution in [3.8, 4) is 17.0 Å². The molecular weight excluding hydrogens is 557 g/mol. The van der Waals surface area contributed by atoms with E-state index >= 15 is 0 Å². The minimum absolute atomic E-state index is 0.0120. The molecular formula is C28H31Cl2N5O5. The van der Waals surface area contributed by atoms with Crippen LogP contribution in [-0.4, -0.2) is 56.1 Å². The summed E-state index contributed by atoms with van der Waals surface area (Å²) < 4.78 is 0.